The summed E-state index contributed by atoms with van der Waals surface area (Å²) < 4.78 is 32.9. The Labute approximate surface area is 116 Å². The van der Waals surface area contributed by atoms with Crippen molar-refractivity contribution in [3.05, 3.63) is 48.0 Å². The monoisotopic (exact) mass is 284 g/mol. The highest BCUT2D eigenvalue weighted by molar-refractivity contribution is 5.80. The van der Waals surface area contributed by atoms with Crippen LogP contribution in [0.2, 0.25) is 0 Å². The summed E-state index contributed by atoms with van der Waals surface area (Å²) in [5, 5.41) is 10.4. The van der Waals surface area contributed by atoms with Gasteiger partial charge in [-0.15, -0.1) is 0 Å². The molecule has 110 valence electrons. The molecule has 0 aliphatic heterocycles. The molecule has 1 aromatic rings. The van der Waals surface area contributed by atoms with Gasteiger partial charge in [-0.2, -0.15) is 8.78 Å². The molecule has 0 aromatic heterocycles. The molecule has 0 saturated heterocycles. The third-order valence-corrected chi connectivity index (χ3v) is 2.82. The van der Waals surface area contributed by atoms with Gasteiger partial charge in [0.2, 0.25) is 0 Å². The number of ether oxygens (including phenoxy) is 1. The molecule has 0 fully saturated rings. The molecular formula is C15H18F2O3. The van der Waals surface area contributed by atoms with E-state index < -0.39 is 17.5 Å². The van der Waals surface area contributed by atoms with Gasteiger partial charge in [0.15, 0.2) is 5.60 Å². The van der Waals surface area contributed by atoms with Crippen LogP contribution < -0.4 is 0 Å². The Bertz CT molecular complexity index is 471. The highest BCUT2D eigenvalue weighted by Gasteiger charge is 2.59. The number of aliphatic hydroxyl groups is 1. The van der Waals surface area contributed by atoms with Crippen LogP contribution in [0.15, 0.2) is 42.5 Å². The van der Waals surface area contributed by atoms with Crippen molar-refractivity contribution in [2.24, 2.45) is 0 Å². The van der Waals surface area contributed by atoms with Crippen LogP contribution in [-0.2, 0) is 15.1 Å². The van der Waals surface area contributed by atoms with Gasteiger partial charge < -0.3 is 9.84 Å². The second-order valence-electron chi connectivity index (χ2n) is 4.24. The molecule has 3 nitrogen and oxygen atoms in total. The Morgan fingerprint density at radius 2 is 1.90 bits per heavy atom. The summed E-state index contributed by atoms with van der Waals surface area (Å²) in [6.45, 7) is 2.98. The number of carbonyl (C=O) groups excluding carboxylic acids is 1. The first-order chi connectivity index (χ1) is 9.40. The van der Waals surface area contributed by atoms with Gasteiger partial charge in [0, 0.05) is 0 Å². The predicted molar refractivity (Wildman–Crippen MR) is 71.3 cm³/mol. The topological polar surface area (TPSA) is 46.5 Å². The van der Waals surface area contributed by atoms with Crippen molar-refractivity contribution in [2.75, 3.05) is 6.61 Å². The molecule has 1 atom stereocenters. The third kappa shape index (κ3) is 3.04. The molecule has 0 amide bonds. The number of rotatable bonds is 6. The van der Waals surface area contributed by atoms with Crippen LogP contribution in [-0.4, -0.2) is 23.6 Å². The first-order valence-corrected chi connectivity index (χ1v) is 6.40. The summed E-state index contributed by atoms with van der Waals surface area (Å²) in [7, 11) is 0. The fourth-order valence-corrected chi connectivity index (χ4v) is 1.74. The number of hydrogen-bond donors (Lipinski definition) is 1. The number of hydrogen-bond acceptors (Lipinski definition) is 3. The number of esters is 1. The van der Waals surface area contributed by atoms with Gasteiger partial charge >= 0.3 is 11.9 Å². The molecule has 20 heavy (non-hydrogen) atoms. The van der Waals surface area contributed by atoms with E-state index in [9.17, 15) is 18.7 Å². The van der Waals surface area contributed by atoms with Gasteiger partial charge in [0.1, 0.15) is 0 Å². The molecule has 0 spiro atoms. The summed E-state index contributed by atoms with van der Waals surface area (Å²) >= 11 is 0. The Kier molecular flexibility index (Phi) is 5.39. The third-order valence-electron chi connectivity index (χ3n) is 2.82. The molecule has 0 bridgehead atoms. The summed E-state index contributed by atoms with van der Waals surface area (Å²) in [5.74, 6) is -5.82. The van der Waals surface area contributed by atoms with E-state index in [0.717, 1.165) is 6.08 Å². The largest absolute Gasteiger partial charge is 0.461 e. The van der Waals surface area contributed by atoms with E-state index in [1.54, 1.807) is 13.0 Å². The maximum atomic E-state index is 14.3. The molecule has 1 unspecified atom stereocenters. The number of halogens is 2. The van der Waals surface area contributed by atoms with Crippen molar-refractivity contribution < 1.29 is 23.4 Å². The van der Waals surface area contributed by atoms with Crippen LogP contribution >= 0.6 is 0 Å². The second-order valence-corrected chi connectivity index (χ2v) is 4.24. The molecule has 0 saturated carbocycles. The van der Waals surface area contributed by atoms with Crippen LogP contribution in [0.1, 0.15) is 25.8 Å². The van der Waals surface area contributed by atoms with E-state index in [4.69, 9.17) is 0 Å². The number of alkyl halides is 2. The highest BCUT2D eigenvalue weighted by Crippen LogP contribution is 2.40. The van der Waals surface area contributed by atoms with Crippen LogP contribution in [0.5, 0.6) is 0 Å². The smallest absolute Gasteiger partial charge is 0.380 e. The zero-order chi connectivity index (χ0) is 15.2. The average Bonchev–Trinajstić information content (AvgIpc) is 2.45. The van der Waals surface area contributed by atoms with E-state index in [1.165, 1.54) is 37.3 Å². The SMILES string of the molecule is CC/C=C/C(O)(c1ccccc1)C(F)(F)C(=O)OCC. The molecular weight excluding hydrogens is 266 g/mol. The van der Waals surface area contributed by atoms with Crippen molar-refractivity contribution in [3.63, 3.8) is 0 Å². The standard InChI is InChI=1S/C15H18F2O3/c1-3-5-11-14(19,12-9-7-6-8-10-12)15(16,17)13(18)20-4-2/h5-11,19H,3-4H2,1-2H3/b11-5+. The lowest BCUT2D eigenvalue weighted by atomic mass is 9.86. The fraction of sp³-hybridized carbons (Fsp3) is 0.400. The van der Waals surface area contributed by atoms with Gasteiger partial charge in [-0.3, -0.25) is 0 Å². The molecule has 0 heterocycles. The Morgan fingerprint density at radius 3 is 2.40 bits per heavy atom. The minimum atomic E-state index is -4.07. The van der Waals surface area contributed by atoms with E-state index in [-0.39, 0.29) is 12.2 Å². The summed E-state index contributed by atoms with van der Waals surface area (Å²) in [5.41, 5.74) is -2.79. The Hall–Kier alpha value is -1.75. The lowest BCUT2D eigenvalue weighted by molar-refractivity contribution is -0.205. The van der Waals surface area contributed by atoms with Gasteiger partial charge in [-0.05, 0) is 25.0 Å². The quantitative estimate of drug-likeness (QED) is 0.645. The van der Waals surface area contributed by atoms with Gasteiger partial charge in [-0.25, -0.2) is 4.79 Å². The van der Waals surface area contributed by atoms with E-state index in [0.29, 0.717) is 6.42 Å². The fourth-order valence-electron chi connectivity index (χ4n) is 1.74. The van der Waals surface area contributed by atoms with Crippen molar-refractivity contribution in [2.45, 2.75) is 31.8 Å². The lowest BCUT2D eigenvalue weighted by Crippen LogP contribution is -2.50. The van der Waals surface area contributed by atoms with Gasteiger partial charge in [0.25, 0.3) is 0 Å². The normalized spacial score (nSPS) is 15.1. The average molecular weight is 284 g/mol. The van der Waals surface area contributed by atoms with Gasteiger partial charge in [0.05, 0.1) is 6.61 Å². The summed E-state index contributed by atoms with van der Waals surface area (Å²) in [6.07, 6.45) is 2.79. The van der Waals surface area contributed by atoms with Crippen LogP contribution in [0, 0.1) is 0 Å². The van der Waals surface area contributed by atoms with E-state index in [1.807, 2.05) is 0 Å². The number of benzene rings is 1. The van der Waals surface area contributed by atoms with Crippen molar-refractivity contribution in [3.8, 4) is 0 Å². The molecule has 1 aromatic carbocycles. The first kappa shape index (κ1) is 16.3. The van der Waals surface area contributed by atoms with Crippen LogP contribution in [0.25, 0.3) is 0 Å². The molecule has 1 rings (SSSR count). The minimum absolute atomic E-state index is 0.0669. The van der Waals surface area contributed by atoms with Gasteiger partial charge in [-0.1, -0.05) is 43.3 Å². The lowest BCUT2D eigenvalue weighted by Gasteiger charge is -2.32. The first-order valence-electron chi connectivity index (χ1n) is 6.40. The molecule has 1 N–H and O–H groups in total. The zero-order valence-corrected chi connectivity index (χ0v) is 11.5. The summed E-state index contributed by atoms with van der Waals surface area (Å²) in [6, 6.07) is 7.35. The second kappa shape index (κ2) is 6.61. The maximum Gasteiger partial charge on any atom is 0.380 e. The molecule has 0 aliphatic rings. The molecule has 5 heteroatoms. The molecule has 0 aliphatic carbocycles. The van der Waals surface area contributed by atoms with E-state index >= 15 is 0 Å². The summed E-state index contributed by atoms with van der Waals surface area (Å²) in [4.78, 5) is 11.5. The zero-order valence-electron chi connectivity index (χ0n) is 11.5. The van der Waals surface area contributed by atoms with Crippen molar-refractivity contribution in [1.82, 2.24) is 0 Å². The maximum absolute atomic E-state index is 14.3. The van der Waals surface area contributed by atoms with Crippen LogP contribution in [0.3, 0.4) is 0 Å². The van der Waals surface area contributed by atoms with E-state index in [2.05, 4.69) is 4.74 Å². The number of allylic oxidation sites excluding steroid dienone is 1. The van der Waals surface area contributed by atoms with Crippen molar-refractivity contribution in [1.29, 1.82) is 0 Å². The number of carbonyl (C=O) groups is 1. The Morgan fingerprint density at radius 1 is 1.30 bits per heavy atom. The molecule has 0 radical (unpaired) electrons. The Balaban J connectivity index is 3.31. The highest BCUT2D eigenvalue weighted by atomic mass is 19.3. The van der Waals surface area contributed by atoms with Crippen molar-refractivity contribution >= 4 is 5.97 Å². The minimum Gasteiger partial charge on any atom is -0.461 e. The van der Waals surface area contributed by atoms with Crippen LogP contribution in [0.4, 0.5) is 8.78 Å². The predicted octanol–water partition coefficient (Wildman–Crippen LogP) is 3.04.